The second kappa shape index (κ2) is 4.91. The Hall–Kier alpha value is -1.66. The van der Waals surface area contributed by atoms with E-state index in [-0.39, 0.29) is 11.0 Å². The van der Waals surface area contributed by atoms with Crippen LogP contribution in [0.2, 0.25) is 10.2 Å². The molecule has 0 radical (unpaired) electrons. The minimum atomic E-state index is -0.653. The Balaban J connectivity index is 2.52. The summed E-state index contributed by atoms with van der Waals surface area (Å²) in [6.07, 6.45) is 2.89. The lowest BCUT2D eigenvalue weighted by Crippen LogP contribution is -2.08. The van der Waals surface area contributed by atoms with Crippen molar-refractivity contribution in [3.63, 3.8) is 0 Å². The molecule has 0 atom stereocenters. The maximum Gasteiger partial charge on any atom is 0.376 e. The minimum Gasteiger partial charge on any atom is -0.463 e. The van der Waals surface area contributed by atoms with Crippen LogP contribution in [-0.4, -0.2) is 32.8 Å². The van der Waals surface area contributed by atoms with Crippen molar-refractivity contribution in [3.8, 4) is 11.3 Å². The van der Waals surface area contributed by atoms with Crippen LogP contribution in [0.4, 0.5) is 0 Å². The molecule has 0 amide bonds. The van der Waals surface area contributed by atoms with Crippen LogP contribution in [0.3, 0.4) is 0 Å². The second-order valence-corrected chi connectivity index (χ2v) is 4.12. The summed E-state index contributed by atoms with van der Waals surface area (Å²) in [5, 5.41) is 4.52. The molecule has 0 aromatic carbocycles. The predicted octanol–water partition coefficient (Wildman–Crippen LogP) is 1.97. The SMILES string of the molecule is COC(=O)c1ncc(-c2c(Cl)cnn2C)c(Cl)n1. The quantitative estimate of drug-likeness (QED) is 0.624. The zero-order chi connectivity index (χ0) is 13.3. The van der Waals surface area contributed by atoms with Crippen molar-refractivity contribution in [2.75, 3.05) is 7.11 Å². The fraction of sp³-hybridized carbons (Fsp3) is 0.200. The monoisotopic (exact) mass is 286 g/mol. The number of hydrogen-bond acceptors (Lipinski definition) is 5. The Morgan fingerprint density at radius 3 is 2.61 bits per heavy atom. The Morgan fingerprint density at radius 1 is 1.39 bits per heavy atom. The predicted molar refractivity (Wildman–Crippen MR) is 65.6 cm³/mol. The number of esters is 1. The van der Waals surface area contributed by atoms with Crippen LogP contribution in [0.5, 0.6) is 0 Å². The summed E-state index contributed by atoms with van der Waals surface area (Å²) in [6, 6.07) is 0. The standard InChI is InChI=1S/C10H8Cl2N4O2/c1-16-7(6(11)4-14-16)5-3-13-9(10(17)18-2)15-8(5)12/h3-4H,1-2H3. The third-order valence-corrected chi connectivity index (χ3v) is 2.82. The van der Waals surface area contributed by atoms with E-state index in [2.05, 4.69) is 19.8 Å². The number of hydrogen-bond donors (Lipinski definition) is 0. The van der Waals surface area contributed by atoms with E-state index in [1.165, 1.54) is 19.5 Å². The van der Waals surface area contributed by atoms with E-state index in [0.29, 0.717) is 16.3 Å². The van der Waals surface area contributed by atoms with E-state index in [9.17, 15) is 4.79 Å². The first kappa shape index (κ1) is 12.8. The second-order valence-electron chi connectivity index (χ2n) is 3.35. The molecule has 6 nitrogen and oxygen atoms in total. The van der Waals surface area contributed by atoms with Gasteiger partial charge in [-0.05, 0) is 0 Å². The highest BCUT2D eigenvalue weighted by Gasteiger charge is 2.17. The first-order valence-electron chi connectivity index (χ1n) is 4.83. The lowest BCUT2D eigenvalue weighted by molar-refractivity contribution is 0.0586. The van der Waals surface area contributed by atoms with Crippen molar-refractivity contribution in [2.24, 2.45) is 7.05 Å². The molecule has 0 aliphatic rings. The molecule has 0 fully saturated rings. The molecule has 18 heavy (non-hydrogen) atoms. The lowest BCUT2D eigenvalue weighted by Gasteiger charge is -2.05. The van der Waals surface area contributed by atoms with Gasteiger partial charge in [-0.15, -0.1) is 0 Å². The van der Waals surface area contributed by atoms with Gasteiger partial charge in [0.15, 0.2) is 0 Å². The fourth-order valence-corrected chi connectivity index (χ4v) is 1.91. The Morgan fingerprint density at radius 2 is 2.11 bits per heavy atom. The molecule has 0 bridgehead atoms. The highest BCUT2D eigenvalue weighted by atomic mass is 35.5. The van der Waals surface area contributed by atoms with Crippen LogP contribution in [0.25, 0.3) is 11.3 Å². The smallest absolute Gasteiger partial charge is 0.376 e. The average Bonchev–Trinajstić information content (AvgIpc) is 2.68. The summed E-state index contributed by atoms with van der Waals surface area (Å²) in [6.45, 7) is 0. The summed E-state index contributed by atoms with van der Waals surface area (Å²) in [4.78, 5) is 19.0. The van der Waals surface area contributed by atoms with Crippen molar-refractivity contribution >= 4 is 29.2 Å². The van der Waals surface area contributed by atoms with Crippen LogP contribution >= 0.6 is 23.2 Å². The number of carbonyl (C=O) groups excluding carboxylic acids is 1. The molecule has 0 saturated carbocycles. The number of nitrogens with zero attached hydrogens (tertiary/aromatic N) is 4. The summed E-state index contributed by atoms with van der Waals surface area (Å²) in [5.41, 5.74) is 1.08. The van der Waals surface area contributed by atoms with Crippen molar-refractivity contribution < 1.29 is 9.53 Å². The molecular formula is C10H8Cl2N4O2. The third kappa shape index (κ3) is 2.16. The van der Waals surface area contributed by atoms with Gasteiger partial charge < -0.3 is 4.74 Å². The maximum atomic E-state index is 11.2. The molecule has 0 saturated heterocycles. The number of carbonyl (C=O) groups is 1. The highest BCUT2D eigenvalue weighted by molar-refractivity contribution is 6.35. The number of methoxy groups -OCH3 is 1. The van der Waals surface area contributed by atoms with E-state index in [1.807, 2.05) is 0 Å². The molecule has 2 aromatic rings. The van der Waals surface area contributed by atoms with Crippen molar-refractivity contribution in [1.29, 1.82) is 0 Å². The molecule has 0 aliphatic carbocycles. The van der Waals surface area contributed by atoms with E-state index < -0.39 is 5.97 Å². The van der Waals surface area contributed by atoms with Crippen molar-refractivity contribution in [1.82, 2.24) is 19.7 Å². The van der Waals surface area contributed by atoms with Gasteiger partial charge in [0.1, 0.15) is 5.15 Å². The van der Waals surface area contributed by atoms with Crippen LogP contribution in [0, 0.1) is 0 Å². The first-order valence-corrected chi connectivity index (χ1v) is 5.59. The lowest BCUT2D eigenvalue weighted by atomic mass is 10.2. The van der Waals surface area contributed by atoms with E-state index in [4.69, 9.17) is 23.2 Å². The number of rotatable bonds is 2. The largest absolute Gasteiger partial charge is 0.463 e. The van der Waals surface area contributed by atoms with E-state index in [1.54, 1.807) is 11.7 Å². The number of halogens is 2. The summed E-state index contributed by atoms with van der Waals surface area (Å²) >= 11 is 12.0. The van der Waals surface area contributed by atoms with Gasteiger partial charge in [0.2, 0.25) is 5.82 Å². The van der Waals surface area contributed by atoms with Crippen LogP contribution < -0.4 is 0 Å². The van der Waals surface area contributed by atoms with Gasteiger partial charge in [0, 0.05) is 13.2 Å². The van der Waals surface area contributed by atoms with Crippen molar-refractivity contribution in [2.45, 2.75) is 0 Å². The Bertz CT molecular complexity index is 592. The zero-order valence-corrected chi connectivity index (χ0v) is 11.0. The number of aryl methyl sites for hydroxylation is 1. The molecule has 0 N–H and O–H groups in total. The highest BCUT2D eigenvalue weighted by Crippen LogP contribution is 2.30. The fourth-order valence-electron chi connectivity index (χ4n) is 1.42. The zero-order valence-electron chi connectivity index (χ0n) is 9.52. The maximum absolute atomic E-state index is 11.2. The first-order chi connectivity index (χ1) is 8.54. The summed E-state index contributed by atoms with van der Waals surface area (Å²) < 4.78 is 6.05. The molecule has 2 aromatic heterocycles. The van der Waals surface area contributed by atoms with Crippen molar-refractivity contribution in [3.05, 3.63) is 28.4 Å². The van der Waals surface area contributed by atoms with Gasteiger partial charge >= 0.3 is 5.97 Å². The van der Waals surface area contributed by atoms with Gasteiger partial charge in [0.25, 0.3) is 0 Å². The summed E-state index contributed by atoms with van der Waals surface area (Å²) in [7, 11) is 2.96. The van der Waals surface area contributed by atoms with Crippen LogP contribution in [-0.2, 0) is 11.8 Å². The molecule has 2 heterocycles. The van der Waals surface area contributed by atoms with Gasteiger partial charge in [-0.3, -0.25) is 4.68 Å². The Kier molecular flexibility index (Phi) is 3.49. The van der Waals surface area contributed by atoms with Gasteiger partial charge in [-0.2, -0.15) is 5.10 Å². The molecule has 0 spiro atoms. The average molecular weight is 287 g/mol. The van der Waals surface area contributed by atoms with Crippen LogP contribution in [0.1, 0.15) is 10.6 Å². The van der Waals surface area contributed by atoms with E-state index >= 15 is 0 Å². The molecule has 94 valence electrons. The van der Waals surface area contributed by atoms with Gasteiger partial charge in [-0.25, -0.2) is 14.8 Å². The van der Waals surface area contributed by atoms with E-state index in [0.717, 1.165) is 0 Å². The molecular weight excluding hydrogens is 279 g/mol. The summed E-state index contributed by atoms with van der Waals surface area (Å²) in [5.74, 6) is -0.760. The van der Waals surface area contributed by atoms with Gasteiger partial charge in [0.05, 0.1) is 29.6 Å². The third-order valence-electron chi connectivity index (χ3n) is 2.26. The van der Waals surface area contributed by atoms with Gasteiger partial charge in [-0.1, -0.05) is 23.2 Å². The molecule has 8 heteroatoms. The number of aromatic nitrogens is 4. The van der Waals surface area contributed by atoms with Crippen LogP contribution in [0.15, 0.2) is 12.4 Å². The normalized spacial score (nSPS) is 10.4. The molecule has 0 aliphatic heterocycles. The topological polar surface area (TPSA) is 69.9 Å². The molecule has 0 unspecified atom stereocenters. The minimum absolute atomic E-state index is 0.107. The Labute approximate surface area is 113 Å². The molecule has 2 rings (SSSR count). The number of ether oxygens (including phenoxy) is 1.